The largest absolute Gasteiger partial charge is 0.309 e. The number of nitrogens with zero attached hydrogens (tertiary/aromatic N) is 2. The highest BCUT2D eigenvalue weighted by Gasteiger charge is 2.18. The van der Waals surface area contributed by atoms with E-state index in [0.29, 0.717) is 0 Å². The van der Waals surface area contributed by atoms with Crippen molar-refractivity contribution in [1.29, 1.82) is 0 Å². The Hall–Kier alpha value is -7.42. The third-order valence-corrected chi connectivity index (χ3v) is 11.9. The molecule has 2 heteroatoms. The second-order valence-electron chi connectivity index (χ2n) is 14.9. The average Bonchev–Trinajstić information content (AvgIpc) is 3.79. The summed E-state index contributed by atoms with van der Waals surface area (Å²) in [5, 5.41) is 12.7. The van der Waals surface area contributed by atoms with Gasteiger partial charge in [-0.25, -0.2) is 0 Å². The fourth-order valence-electron chi connectivity index (χ4n) is 9.47. The first kappa shape index (κ1) is 31.0. The van der Waals surface area contributed by atoms with Crippen LogP contribution in [0.25, 0.3) is 110 Å². The molecule has 260 valence electrons. The molecular formula is C54H34N2. The minimum atomic E-state index is 1.15. The summed E-state index contributed by atoms with van der Waals surface area (Å²) in [6.45, 7) is 0. The van der Waals surface area contributed by atoms with Crippen LogP contribution in [-0.2, 0) is 0 Å². The van der Waals surface area contributed by atoms with Crippen molar-refractivity contribution in [2.75, 3.05) is 0 Å². The van der Waals surface area contributed by atoms with Crippen LogP contribution in [0.5, 0.6) is 0 Å². The molecule has 0 aliphatic heterocycles. The maximum atomic E-state index is 2.43. The lowest BCUT2D eigenvalue weighted by Gasteiger charge is -2.18. The Bertz CT molecular complexity index is 3440. The first-order valence-electron chi connectivity index (χ1n) is 19.4. The third-order valence-electron chi connectivity index (χ3n) is 11.9. The zero-order chi connectivity index (χ0) is 36.7. The van der Waals surface area contributed by atoms with Gasteiger partial charge in [0.25, 0.3) is 0 Å². The quantitative estimate of drug-likeness (QED) is 0.161. The van der Waals surface area contributed by atoms with Crippen LogP contribution in [0.2, 0.25) is 0 Å². The molecule has 0 aliphatic rings. The molecule has 0 saturated heterocycles. The summed E-state index contributed by atoms with van der Waals surface area (Å²) in [7, 11) is 0. The highest BCUT2D eigenvalue weighted by molar-refractivity contribution is 6.29. The number of fused-ring (bicyclic) bond motifs is 12. The fraction of sp³-hybridized carbons (Fsp3) is 0. The van der Waals surface area contributed by atoms with Crippen LogP contribution in [0.15, 0.2) is 206 Å². The molecule has 0 amide bonds. The standard InChI is InChI=1S/C54H34N2/c1-2-21-42-40(19-1)41-20-3-4-26-47(41)54-48(36-16-14-18-39(32-36)56-52-29-11-7-24-45(52)46-25-8-12-30-53(46)56)33-37(34-49(42)54)35-15-13-17-38(31-35)55-50-27-9-5-22-43(50)44-23-6-10-28-51(44)55/h1-34H. The summed E-state index contributed by atoms with van der Waals surface area (Å²) < 4.78 is 4.83. The average molecular weight is 711 g/mol. The van der Waals surface area contributed by atoms with Gasteiger partial charge in [0.2, 0.25) is 0 Å². The molecule has 0 fully saturated rings. The molecule has 12 aromatic rings. The van der Waals surface area contributed by atoms with Gasteiger partial charge in [-0.05, 0) is 115 Å². The summed E-state index contributed by atoms with van der Waals surface area (Å²) in [5.41, 5.74) is 11.9. The van der Waals surface area contributed by atoms with Crippen LogP contribution in [0.1, 0.15) is 0 Å². The second-order valence-corrected chi connectivity index (χ2v) is 14.9. The van der Waals surface area contributed by atoms with E-state index in [1.54, 1.807) is 0 Å². The van der Waals surface area contributed by atoms with Gasteiger partial charge in [-0.2, -0.15) is 0 Å². The Kier molecular flexibility index (Phi) is 6.66. The molecule has 56 heavy (non-hydrogen) atoms. The molecule has 0 radical (unpaired) electrons. The smallest absolute Gasteiger partial charge is 0.0541 e. The van der Waals surface area contributed by atoms with E-state index in [9.17, 15) is 0 Å². The zero-order valence-corrected chi connectivity index (χ0v) is 30.5. The third kappa shape index (κ3) is 4.50. The molecule has 0 bridgehead atoms. The number of aromatic nitrogens is 2. The van der Waals surface area contributed by atoms with Crippen LogP contribution in [-0.4, -0.2) is 9.13 Å². The van der Waals surface area contributed by atoms with Gasteiger partial charge in [-0.1, -0.05) is 146 Å². The first-order valence-corrected chi connectivity index (χ1v) is 19.4. The molecule has 0 aliphatic carbocycles. The van der Waals surface area contributed by atoms with Crippen LogP contribution in [0.3, 0.4) is 0 Å². The minimum absolute atomic E-state index is 1.15. The number of rotatable bonds is 4. The molecule has 2 aromatic heterocycles. The van der Waals surface area contributed by atoms with Gasteiger partial charge >= 0.3 is 0 Å². The Morgan fingerprint density at radius 2 is 0.607 bits per heavy atom. The Labute approximate surface area is 323 Å². The van der Waals surface area contributed by atoms with Crippen LogP contribution in [0, 0.1) is 0 Å². The van der Waals surface area contributed by atoms with E-state index in [-0.39, 0.29) is 0 Å². The maximum Gasteiger partial charge on any atom is 0.0541 e. The molecule has 2 heterocycles. The molecule has 0 N–H and O–H groups in total. The Morgan fingerprint density at radius 3 is 1.11 bits per heavy atom. The fourth-order valence-corrected chi connectivity index (χ4v) is 9.47. The first-order chi connectivity index (χ1) is 27.8. The summed E-state index contributed by atoms with van der Waals surface area (Å²) in [4.78, 5) is 0. The molecule has 10 aromatic carbocycles. The van der Waals surface area contributed by atoms with Gasteiger partial charge in [0.15, 0.2) is 0 Å². The van der Waals surface area contributed by atoms with Gasteiger partial charge in [0.1, 0.15) is 0 Å². The molecule has 0 unspecified atom stereocenters. The van der Waals surface area contributed by atoms with Gasteiger partial charge in [-0.3, -0.25) is 0 Å². The summed E-state index contributed by atoms with van der Waals surface area (Å²) >= 11 is 0. The van der Waals surface area contributed by atoms with Crippen LogP contribution >= 0.6 is 0 Å². The van der Waals surface area contributed by atoms with E-state index in [4.69, 9.17) is 0 Å². The summed E-state index contributed by atoms with van der Waals surface area (Å²) in [6, 6.07) is 75.9. The van der Waals surface area contributed by atoms with Crippen molar-refractivity contribution >= 4 is 75.9 Å². The van der Waals surface area contributed by atoms with Crippen LogP contribution in [0.4, 0.5) is 0 Å². The Balaban J connectivity index is 1.15. The normalized spacial score (nSPS) is 11.9. The number of para-hydroxylation sites is 4. The van der Waals surface area contributed by atoms with E-state index < -0.39 is 0 Å². The van der Waals surface area contributed by atoms with Crippen molar-refractivity contribution in [3.8, 4) is 33.6 Å². The second kappa shape index (κ2) is 12.0. The van der Waals surface area contributed by atoms with Crippen molar-refractivity contribution in [1.82, 2.24) is 9.13 Å². The molecule has 0 atom stereocenters. The zero-order valence-electron chi connectivity index (χ0n) is 30.5. The molecular weight excluding hydrogens is 677 g/mol. The topological polar surface area (TPSA) is 9.86 Å². The van der Waals surface area contributed by atoms with Crippen LogP contribution < -0.4 is 0 Å². The van der Waals surface area contributed by atoms with E-state index >= 15 is 0 Å². The highest BCUT2D eigenvalue weighted by Crippen LogP contribution is 2.44. The number of hydrogen-bond acceptors (Lipinski definition) is 0. The van der Waals surface area contributed by atoms with Gasteiger partial charge < -0.3 is 9.13 Å². The van der Waals surface area contributed by atoms with E-state index in [1.807, 2.05) is 0 Å². The lowest BCUT2D eigenvalue weighted by molar-refractivity contribution is 1.18. The summed E-state index contributed by atoms with van der Waals surface area (Å²) in [6.07, 6.45) is 0. The molecule has 2 nitrogen and oxygen atoms in total. The molecule has 12 rings (SSSR count). The van der Waals surface area contributed by atoms with E-state index in [1.165, 1.54) is 98.2 Å². The molecule has 0 spiro atoms. The maximum absolute atomic E-state index is 2.43. The van der Waals surface area contributed by atoms with Crippen molar-refractivity contribution < 1.29 is 0 Å². The highest BCUT2D eigenvalue weighted by atomic mass is 15.0. The van der Waals surface area contributed by atoms with E-state index in [2.05, 4.69) is 215 Å². The van der Waals surface area contributed by atoms with Gasteiger partial charge in [0.05, 0.1) is 22.1 Å². The lowest BCUT2D eigenvalue weighted by Crippen LogP contribution is -1.96. The minimum Gasteiger partial charge on any atom is -0.309 e. The Morgan fingerprint density at radius 1 is 0.232 bits per heavy atom. The summed E-state index contributed by atoms with van der Waals surface area (Å²) in [5.74, 6) is 0. The SMILES string of the molecule is c1cc(-c2cc(-c3cccc(-n4c5ccccc5c5ccccc54)c3)c3c4ccccc4c4ccccc4c3c2)cc(-n2c3ccccc3c3ccccc32)c1. The van der Waals surface area contributed by atoms with Crippen molar-refractivity contribution in [2.45, 2.75) is 0 Å². The van der Waals surface area contributed by atoms with Crippen molar-refractivity contribution in [2.24, 2.45) is 0 Å². The molecule has 0 saturated carbocycles. The predicted molar refractivity (Wildman–Crippen MR) is 239 cm³/mol. The monoisotopic (exact) mass is 710 g/mol. The number of benzene rings is 10. The van der Waals surface area contributed by atoms with Gasteiger partial charge in [0, 0.05) is 32.9 Å². The van der Waals surface area contributed by atoms with Gasteiger partial charge in [-0.15, -0.1) is 0 Å². The predicted octanol–water partition coefficient (Wildman–Crippen LogP) is 14.7. The van der Waals surface area contributed by atoms with Crippen molar-refractivity contribution in [3.63, 3.8) is 0 Å². The van der Waals surface area contributed by atoms with Crippen molar-refractivity contribution in [3.05, 3.63) is 206 Å². The number of hydrogen-bond donors (Lipinski definition) is 0. The van der Waals surface area contributed by atoms with E-state index in [0.717, 1.165) is 11.4 Å². The lowest BCUT2D eigenvalue weighted by atomic mass is 9.87.